The summed E-state index contributed by atoms with van der Waals surface area (Å²) in [5.74, 6) is 0.785. The molecule has 0 amide bonds. The van der Waals surface area contributed by atoms with Crippen molar-refractivity contribution in [1.82, 2.24) is 9.88 Å². The van der Waals surface area contributed by atoms with E-state index in [1.54, 1.807) is 6.20 Å². The molecule has 0 aliphatic heterocycles. The lowest BCUT2D eigenvalue weighted by molar-refractivity contribution is 0.105. The number of pyridine rings is 1. The van der Waals surface area contributed by atoms with Crippen LogP contribution in [0.1, 0.15) is 52.1 Å². The van der Waals surface area contributed by atoms with Crippen LogP contribution in [0.4, 0.5) is 0 Å². The van der Waals surface area contributed by atoms with Gasteiger partial charge in [0.1, 0.15) is 5.75 Å². The van der Waals surface area contributed by atoms with Crippen LogP contribution in [-0.2, 0) is 0 Å². The third kappa shape index (κ3) is 3.49. The molecule has 0 fully saturated rings. The monoisotopic (exact) mass is 279 g/mol. The van der Waals surface area contributed by atoms with Crippen LogP contribution in [0.25, 0.3) is 0 Å². The van der Waals surface area contributed by atoms with Crippen molar-refractivity contribution in [3.8, 4) is 5.75 Å². The summed E-state index contributed by atoms with van der Waals surface area (Å²) in [4.78, 5) is 6.51. The van der Waals surface area contributed by atoms with E-state index in [2.05, 4.69) is 37.8 Å². The third-order valence-corrected chi connectivity index (χ3v) is 4.16. The van der Waals surface area contributed by atoms with Crippen molar-refractivity contribution in [3.05, 3.63) is 24.0 Å². The molecule has 1 unspecified atom stereocenters. The first-order valence-corrected chi connectivity index (χ1v) is 7.42. The van der Waals surface area contributed by atoms with Gasteiger partial charge < -0.3 is 15.4 Å². The first-order chi connectivity index (χ1) is 9.37. The molecule has 0 saturated carbocycles. The van der Waals surface area contributed by atoms with Gasteiger partial charge in [0.2, 0.25) is 0 Å². The third-order valence-electron chi connectivity index (χ3n) is 4.16. The standard InChI is InChI=1S/C16H29N3O/c1-7-16(8-2,19(5)6)15(17)13-9-14(11-18-10-13)20-12(3)4/h9-12,15H,7-8,17H2,1-6H3. The average Bonchev–Trinajstić information content (AvgIpc) is 2.39. The van der Waals surface area contributed by atoms with Crippen LogP contribution in [0.5, 0.6) is 5.75 Å². The Morgan fingerprint density at radius 1 is 1.25 bits per heavy atom. The van der Waals surface area contributed by atoms with Gasteiger partial charge in [-0.3, -0.25) is 4.98 Å². The van der Waals surface area contributed by atoms with Crippen molar-refractivity contribution >= 4 is 0 Å². The van der Waals surface area contributed by atoms with E-state index in [1.165, 1.54) is 0 Å². The summed E-state index contributed by atoms with van der Waals surface area (Å²) in [5.41, 5.74) is 7.53. The van der Waals surface area contributed by atoms with Crippen LogP contribution in [0.15, 0.2) is 18.5 Å². The summed E-state index contributed by atoms with van der Waals surface area (Å²) in [6.45, 7) is 8.39. The highest BCUT2D eigenvalue weighted by Gasteiger charge is 2.36. The van der Waals surface area contributed by atoms with E-state index in [-0.39, 0.29) is 17.7 Å². The highest BCUT2D eigenvalue weighted by molar-refractivity contribution is 5.28. The molecule has 2 N–H and O–H groups in total. The van der Waals surface area contributed by atoms with Gasteiger partial charge in [-0.05, 0) is 52.4 Å². The molecule has 0 saturated heterocycles. The lowest BCUT2D eigenvalue weighted by Crippen LogP contribution is -2.51. The van der Waals surface area contributed by atoms with E-state index in [4.69, 9.17) is 10.5 Å². The number of hydrogen-bond donors (Lipinski definition) is 1. The lowest BCUT2D eigenvalue weighted by atomic mass is 9.80. The number of likely N-dealkylation sites (N-methyl/N-ethyl adjacent to an activating group) is 1. The Labute approximate surface area is 123 Å². The molecular weight excluding hydrogens is 250 g/mol. The fraction of sp³-hybridized carbons (Fsp3) is 0.688. The fourth-order valence-electron chi connectivity index (χ4n) is 2.85. The van der Waals surface area contributed by atoms with E-state index in [9.17, 15) is 0 Å². The maximum Gasteiger partial charge on any atom is 0.138 e. The molecule has 0 aromatic carbocycles. The van der Waals surface area contributed by atoms with Gasteiger partial charge in [0.05, 0.1) is 12.3 Å². The minimum atomic E-state index is -0.0873. The molecule has 1 aromatic heterocycles. The van der Waals surface area contributed by atoms with Gasteiger partial charge in [-0.1, -0.05) is 13.8 Å². The van der Waals surface area contributed by atoms with Crippen LogP contribution in [0, 0.1) is 0 Å². The van der Waals surface area contributed by atoms with Crippen molar-refractivity contribution in [1.29, 1.82) is 0 Å². The van der Waals surface area contributed by atoms with Gasteiger partial charge in [-0.2, -0.15) is 0 Å². The van der Waals surface area contributed by atoms with E-state index in [0.717, 1.165) is 24.2 Å². The molecule has 1 heterocycles. The summed E-state index contributed by atoms with van der Waals surface area (Å²) < 4.78 is 5.71. The summed E-state index contributed by atoms with van der Waals surface area (Å²) >= 11 is 0. The molecule has 1 rings (SSSR count). The van der Waals surface area contributed by atoms with Gasteiger partial charge in [0.15, 0.2) is 0 Å². The summed E-state index contributed by atoms with van der Waals surface area (Å²) in [7, 11) is 4.18. The topological polar surface area (TPSA) is 51.4 Å². The molecule has 0 aliphatic carbocycles. The molecule has 4 nitrogen and oxygen atoms in total. The largest absolute Gasteiger partial charge is 0.489 e. The number of rotatable bonds is 7. The quantitative estimate of drug-likeness (QED) is 0.833. The van der Waals surface area contributed by atoms with Gasteiger partial charge in [0.25, 0.3) is 0 Å². The Morgan fingerprint density at radius 2 is 1.85 bits per heavy atom. The average molecular weight is 279 g/mol. The van der Waals surface area contributed by atoms with Gasteiger partial charge in [-0.15, -0.1) is 0 Å². The highest BCUT2D eigenvalue weighted by atomic mass is 16.5. The minimum absolute atomic E-state index is 0.0574. The van der Waals surface area contributed by atoms with Crippen molar-refractivity contribution in [3.63, 3.8) is 0 Å². The Kier molecular flexibility index (Phi) is 5.96. The van der Waals surface area contributed by atoms with E-state index in [1.807, 2.05) is 26.1 Å². The molecule has 1 atom stereocenters. The maximum absolute atomic E-state index is 6.56. The summed E-state index contributed by atoms with van der Waals surface area (Å²) in [6.07, 6.45) is 5.71. The molecular formula is C16H29N3O. The molecule has 20 heavy (non-hydrogen) atoms. The summed E-state index contributed by atoms with van der Waals surface area (Å²) in [5, 5.41) is 0. The van der Waals surface area contributed by atoms with Crippen molar-refractivity contribution in [2.75, 3.05) is 14.1 Å². The molecule has 0 radical (unpaired) electrons. The molecule has 114 valence electrons. The van der Waals surface area contributed by atoms with E-state index >= 15 is 0 Å². The van der Waals surface area contributed by atoms with Gasteiger partial charge >= 0.3 is 0 Å². The van der Waals surface area contributed by atoms with E-state index in [0.29, 0.717) is 0 Å². The Morgan fingerprint density at radius 3 is 2.30 bits per heavy atom. The Hall–Kier alpha value is -1.13. The zero-order chi connectivity index (χ0) is 15.3. The highest BCUT2D eigenvalue weighted by Crippen LogP contribution is 2.34. The van der Waals surface area contributed by atoms with Crippen LogP contribution in [0.3, 0.4) is 0 Å². The Bertz CT molecular complexity index is 414. The first-order valence-electron chi connectivity index (χ1n) is 7.42. The fourth-order valence-corrected chi connectivity index (χ4v) is 2.85. The number of aromatic nitrogens is 1. The molecule has 4 heteroatoms. The summed E-state index contributed by atoms with van der Waals surface area (Å²) in [6, 6.07) is 1.93. The predicted molar refractivity (Wildman–Crippen MR) is 83.9 cm³/mol. The molecule has 1 aromatic rings. The smallest absolute Gasteiger partial charge is 0.138 e. The SMILES string of the molecule is CCC(CC)(C(N)c1cncc(OC(C)C)c1)N(C)C. The van der Waals surface area contributed by atoms with E-state index < -0.39 is 0 Å². The second-order valence-electron chi connectivity index (χ2n) is 5.80. The van der Waals surface area contributed by atoms with Crippen molar-refractivity contribution < 1.29 is 4.74 Å². The second kappa shape index (κ2) is 7.04. The zero-order valence-corrected chi connectivity index (χ0v) is 13.7. The van der Waals surface area contributed by atoms with Crippen LogP contribution in [0.2, 0.25) is 0 Å². The molecule has 0 aliphatic rings. The minimum Gasteiger partial charge on any atom is -0.489 e. The lowest BCUT2D eigenvalue weighted by Gasteiger charge is -2.43. The van der Waals surface area contributed by atoms with Crippen molar-refractivity contribution in [2.45, 2.75) is 58.2 Å². The normalized spacial score (nSPS) is 13.8. The maximum atomic E-state index is 6.56. The number of hydrogen-bond acceptors (Lipinski definition) is 4. The Balaban J connectivity index is 3.09. The number of nitrogens with zero attached hydrogens (tertiary/aromatic N) is 2. The number of ether oxygens (including phenoxy) is 1. The van der Waals surface area contributed by atoms with Crippen LogP contribution >= 0.6 is 0 Å². The molecule has 0 bridgehead atoms. The van der Waals surface area contributed by atoms with Gasteiger partial charge in [0, 0.05) is 17.8 Å². The zero-order valence-electron chi connectivity index (χ0n) is 13.7. The molecule has 0 spiro atoms. The van der Waals surface area contributed by atoms with Crippen LogP contribution < -0.4 is 10.5 Å². The second-order valence-corrected chi connectivity index (χ2v) is 5.80. The number of nitrogens with two attached hydrogens (primary N) is 1. The van der Waals surface area contributed by atoms with Crippen LogP contribution in [-0.4, -0.2) is 35.6 Å². The van der Waals surface area contributed by atoms with Gasteiger partial charge in [-0.25, -0.2) is 0 Å². The first kappa shape index (κ1) is 16.9. The predicted octanol–water partition coefficient (Wildman–Crippen LogP) is 2.99. The van der Waals surface area contributed by atoms with Crippen molar-refractivity contribution in [2.24, 2.45) is 5.73 Å².